The molecule has 0 saturated heterocycles. The Labute approximate surface area is 248 Å². The molecule has 0 aliphatic carbocycles. The molecule has 7 nitrogen and oxygen atoms in total. The van der Waals surface area contributed by atoms with Crippen molar-refractivity contribution in [3.63, 3.8) is 0 Å². The van der Waals surface area contributed by atoms with Crippen molar-refractivity contribution in [3.8, 4) is 33.6 Å². The number of rotatable bonds is 7. The molecule has 1 N–H and O–H groups in total. The Morgan fingerprint density at radius 1 is 0.837 bits per heavy atom. The number of alkyl halides is 3. The first kappa shape index (κ1) is 28.0. The summed E-state index contributed by atoms with van der Waals surface area (Å²) in [5, 5.41) is 8.43. The number of halogens is 3. The fraction of sp³-hybridized carbons (Fsp3) is 0.0938. The predicted molar refractivity (Wildman–Crippen MR) is 158 cm³/mol. The van der Waals surface area contributed by atoms with Crippen LogP contribution < -0.4 is 14.8 Å². The average molecular weight is 601 g/mol. The highest BCUT2D eigenvalue weighted by Gasteiger charge is 2.35. The number of fused-ring (bicyclic) bond motifs is 1. The van der Waals surface area contributed by atoms with Gasteiger partial charge in [-0.15, -0.1) is 11.3 Å². The molecule has 0 atom stereocenters. The van der Waals surface area contributed by atoms with Gasteiger partial charge in [-0.3, -0.25) is 4.79 Å². The van der Waals surface area contributed by atoms with E-state index in [1.54, 1.807) is 35.7 Å². The van der Waals surface area contributed by atoms with Crippen molar-refractivity contribution in [1.82, 2.24) is 14.6 Å². The molecule has 1 amide bonds. The maximum absolute atomic E-state index is 14.0. The molecule has 43 heavy (non-hydrogen) atoms. The fourth-order valence-corrected chi connectivity index (χ4v) is 5.08. The standard InChI is InChI=1S/C32H23F3N4O3S/c1-19-8-3-5-10-26(19)41-22-14-21(15-23(16-22)42-27-11-6-4-9-20(27)2)36-31(40)25-18-30-37-24(28-12-7-13-43-28)17-29(32(33,34)35)39(30)38-25/h3-18H,1-2H3,(H,36,40). The number of anilines is 1. The van der Waals surface area contributed by atoms with Crippen molar-refractivity contribution in [3.05, 3.63) is 119 Å². The van der Waals surface area contributed by atoms with E-state index in [4.69, 9.17) is 9.47 Å². The van der Waals surface area contributed by atoms with E-state index < -0.39 is 17.8 Å². The van der Waals surface area contributed by atoms with E-state index in [1.807, 2.05) is 62.4 Å². The number of hydrogen-bond donors (Lipinski definition) is 1. The highest BCUT2D eigenvalue weighted by Crippen LogP contribution is 2.36. The van der Waals surface area contributed by atoms with Crippen molar-refractivity contribution in [2.45, 2.75) is 20.0 Å². The van der Waals surface area contributed by atoms with Crippen LogP contribution in [0.25, 0.3) is 16.2 Å². The predicted octanol–water partition coefficient (Wildman–Crippen LogP) is 8.93. The van der Waals surface area contributed by atoms with Crippen LogP contribution in [0.3, 0.4) is 0 Å². The Morgan fingerprint density at radius 2 is 1.47 bits per heavy atom. The van der Waals surface area contributed by atoms with Gasteiger partial charge < -0.3 is 14.8 Å². The van der Waals surface area contributed by atoms with Crippen LogP contribution in [0.4, 0.5) is 18.9 Å². The largest absolute Gasteiger partial charge is 0.457 e. The number of ether oxygens (including phenoxy) is 2. The van der Waals surface area contributed by atoms with Gasteiger partial charge in [0.05, 0.1) is 10.6 Å². The van der Waals surface area contributed by atoms with Gasteiger partial charge in [0.25, 0.3) is 5.91 Å². The lowest BCUT2D eigenvalue weighted by molar-refractivity contribution is -0.142. The van der Waals surface area contributed by atoms with Crippen molar-refractivity contribution in [1.29, 1.82) is 0 Å². The minimum absolute atomic E-state index is 0.108. The molecular formula is C32H23F3N4O3S. The third-order valence-corrected chi connectivity index (χ3v) is 7.40. The molecule has 216 valence electrons. The van der Waals surface area contributed by atoms with Crippen molar-refractivity contribution >= 4 is 28.6 Å². The van der Waals surface area contributed by atoms with Gasteiger partial charge >= 0.3 is 6.18 Å². The van der Waals surface area contributed by atoms with E-state index in [2.05, 4.69) is 15.4 Å². The summed E-state index contributed by atoms with van der Waals surface area (Å²) < 4.78 is 54.8. The molecule has 0 aliphatic heterocycles. The van der Waals surface area contributed by atoms with E-state index in [1.165, 1.54) is 17.4 Å². The molecule has 0 saturated carbocycles. The first-order chi connectivity index (χ1) is 20.6. The van der Waals surface area contributed by atoms with Crippen molar-refractivity contribution in [2.75, 3.05) is 5.32 Å². The molecule has 0 radical (unpaired) electrons. The van der Waals surface area contributed by atoms with E-state index in [9.17, 15) is 18.0 Å². The molecule has 0 aliphatic rings. The summed E-state index contributed by atoms with van der Waals surface area (Å²) in [4.78, 5) is 18.2. The number of aryl methyl sites for hydroxylation is 2. The SMILES string of the molecule is Cc1ccccc1Oc1cc(NC(=O)c2cc3nc(-c4cccs4)cc(C(F)(F)F)n3n2)cc(Oc2ccccc2C)c1. The van der Waals surface area contributed by atoms with E-state index in [0.29, 0.717) is 38.1 Å². The second-order valence-corrected chi connectivity index (χ2v) is 10.6. The summed E-state index contributed by atoms with van der Waals surface area (Å²) in [6.45, 7) is 3.81. The van der Waals surface area contributed by atoms with E-state index in [-0.39, 0.29) is 17.0 Å². The minimum Gasteiger partial charge on any atom is -0.457 e. The smallest absolute Gasteiger partial charge is 0.433 e. The van der Waals surface area contributed by atoms with Crippen LogP contribution in [-0.2, 0) is 6.18 Å². The Kier molecular flexibility index (Phi) is 7.32. The van der Waals surface area contributed by atoms with Crippen LogP contribution in [0, 0.1) is 13.8 Å². The van der Waals surface area contributed by atoms with Crippen LogP contribution in [0.2, 0.25) is 0 Å². The Morgan fingerprint density at radius 3 is 2.02 bits per heavy atom. The van der Waals surface area contributed by atoms with Gasteiger partial charge in [0.15, 0.2) is 17.0 Å². The molecule has 0 bridgehead atoms. The van der Waals surface area contributed by atoms with E-state index >= 15 is 0 Å². The maximum atomic E-state index is 14.0. The molecule has 3 aromatic heterocycles. The number of para-hydroxylation sites is 2. The maximum Gasteiger partial charge on any atom is 0.433 e. The third-order valence-electron chi connectivity index (χ3n) is 6.50. The molecule has 3 aromatic carbocycles. The number of aromatic nitrogens is 3. The lowest BCUT2D eigenvalue weighted by Gasteiger charge is -2.14. The van der Waals surface area contributed by atoms with Crippen molar-refractivity contribution in [2.24, 2.45) is 0 Å². The number of thiophene rings is 1. The molecular weight excluding hydrogens is 577 g/mol. The number of nitrogens with zero attached hydrogens (tertiary/aromatic N) is 3. The number of carbonyl (C=O) groups is 1. The van der Waals surface area contributed by atoms with Gasteiger partial charge in [-0.05, 0) is 54.6 Å². The van der Waals surface area contributed by atoms with Crippen LogP contribution >= 0.6 is 11.3 Å². The van der Waals surface area contributed by atoms with Crippen LogP contribution in [0.5, 0.6) is 23.0 Å². The van der Waals surface area contributed by atoms with Crippen LogP contribution in [-0.4, -0.2) is 20.5 Å². The molecule has 6 aromatic rings. The van der Waals surface area contributed by atoms with Gasteiger partial charge in [0.2, 0.25) is 0 Å². The van der Waals surface area contributed by atoms with Crippen LogP contribution in [0.1, 0.15) is 27.3 Å². The van der Waals surface area contributed by atoms with Gasteiger partial charge in [-0.2, -0.15) is 18.3 Å². The Hall–Kier alpha value is -5.16. The second kappa shape index (κ2) is 11.3. The number of benzene rings is 3. The lowest BCUT2D eigenvalue weighted by atomic mass is 10.2. The quantitative estimate of drug-likeness (QED) is 0.198. The molecule has 0 unspecified atom stereocenters. The topological polar surface area (TPSA) is 77.8 Å². The normalized spacial score (nSPS) is 11.5. The zero-order valence-corrected chi connectivity index (χ0v) is 23.7. The van der Waals surface area contributed by atoms with Gasteiger partial charge in [0, 0.05) is 30.0 Å². The summed E-state index contributed by atoms with van der Waals surface area (Å²) in [5.74, 6) is 1.26. The zero-order valence-electron chi connectivity index (χ0n) is 22.8. The number of hydrogen-bond acceptors (Lipinski definition) is 6. The van der Waals surface area contributed by atoms with E-state index in [0.717, 1.165) is 17.2 Å². The fourth-order valence-electron chi connectivity index (χ4n) is 4.39. The summed E-state index contributed by atoms with van der Waals surface area (Å²) in [6.07, 6.45) is -4.73. The van der Waals surface area contributed by atoms with Gasteiger partial charge in [-0.1, -0.05) is 42.5 Å². The molecule has 11 heteroatoms. The number of amides is 1. The average Bonchev–Trinajstić information content (AvgIpc) is 3.65. The number of nitrogens with one attached hydrogen (secondary N) is 1. The van der Waals surface area contributed by atoms with Gasteiger partial charge in [0.1, 0.15) is 23.0 Å². The second-order valence-electron chi connectivity index (χ2n) is 9.68. The Balaban J connectivity index is 1.36. The molecule has 3 heterocycles. The summed E-state index contributed by atoms with van der Waals surface area (Å²) >= 11 is 1.26. The van der Waals surface area contributed by atoms with Crippen molar-refractivity contribution < 1.29 is 27.4 Å². The first-order valence-corrected chi connectivity index (χ1v) is 14.0. The highest BCUT2D eigenvalue weighted by molar-refractivity contribution is 7.13. The lowest BCUT2D eigenvalue weighted by Crippen LogP contribution is -2.15. The third kappa shape index (κ3) is 6.07. The molecule has 0 fully saturated rings. The molecule has 6 rings (SSSR count). The molecule has 0 spiro atoms. The zero-order chi connectivity index (χ0) is 30.1. The Bertz CT molecular complexity index is 1890. The summed E-state index contributed by atoms with van der Waals surface area (Å²) in [7, 11) is 0. The highest BCUT2D eigenvalue weighted by atomic mass is 32.1. The van der Waals surface area contributed by atoms with Crippen LogP contribution in [0.15, 0.2) is 96.4 Å². The van der Waals surface area contributed by atoms with Gasteiger partial charge in [-0.25, -0.2) is 9.50 Å². The summed E-state index contributed by atoms with van der Waals surface area (Å²) in [5.41, 5.74) is 0.843. The summed E-state index contributed by atoms with van der Waals surface area (Å²) in [6, 6.07) is 25.3. The first-order valence-electron chi connectivity index (χ1n) is 13.1. The monoisotopic (exact) mass is 600 g/mol. The number of carbonyl (C=O) groups excluding carboxylic acids is 1. The minimum atomic E-state index is -4.73.